The Morgan fingerprint density at radius 1 is 1.57 bits per heavy atom. The van der Waals surface area contributed by atoms with E-state index < -0.39 is 18.3 Å². The minimum atomic E-state index is -0.902. The van der Waals surface area contributed by atoms with Gasteiger partial charge >= 0.3 is 0 Å². The summed E-state index contributed by atoms with van der Waals surface area (Å²) in [4.78, 5) is 10.9. The Balaban J connectivity index is 2.32. The van der Waals surface area contributed by atoms with E-state index >= 15 is 0 Å². The zero-order valence-electron chi connectivity index (χ0n) is 8.27. The van der Waals surface area contributed by atoms with Gasteiger partial charge in [-0.1, -0.05) is 6.92 Å². The smallest absolute Gasteiger partial charge is 0.219 e. The van der Waals surface area contributed by atoms with Crippen molar-refractivity contribution < 1.29 is 19.7 Å². The quantitative estimate of drug-likeness (QED) is 0.551. The van der Waals surface area contributed by atoms with Gasteiger partial charge in [0.15, 0.2) is 0 Å². The largest absolute Gasteiger partial charge is 0.390 e. The lowest BCUT2D eigenvalue weighted by Gasteiger charge is -2.31. The maximum absolute atomic E-state index is 10.9. The average Bonchev–Trinajstić information content (AvgIpc) is 2.20. The van der Waals surface area contributed by atoms with E-state index in [1.54, 1.807) is 6.92 Å². The maximum Gasteiger partial charge on any atom is 0.219 e. The molecule has 0 aromatic rings. The van der Waals surface area contributed by atoms with E-state index in [0.29, 0.717) is 19.4 Å². The Hall–Kier alpha value is -0.650. The molecule has 3 unspecified atom stereocenters. The van der Waals surface area contributed by atoms with Crippen LogP contribution < -0.4 is 5.32 Å². The molecular formula is C9H17NO4. The van der Waals surface area contributed by atoms with E-state index in [-0.39, 0.29) is 12.5 Å². The maximum atomic E-state index is 10.9. The number of nitrogens with one attached hydrogen (secondary N) is 1. The first-order valence-corrected chi connectivity index (χ1v) is 4.89. The van der Waals surface area contributed by atoms with Crippen molar-refractivity contribution in [3.05, 3.63) is 0 Å². The van der Waals surface area contributed by atoms with Crippen molar-refractivity contribution in [2.24, 2.45) is 0 Å². The highest BCUT2D eigenvalue weighted by Crippen LogP contribution is 2.13. The van der Waals surface area contributed by atoms with E-state index in [1.807, 2.05) is 0 Å². The Labute approximate surface area is 83.1 Å². The highest BCUT2D eigenvalue weighted by atomic mass is 16.5. The molecule has 1 amide bonds. The number of hydrogen-bond donors (Lipinski definition) is 3. The molecule has 0 aromatic heterocycles. The molecule has 1 rings (SSSR count). The van der Waals surface area contributed by atoms with Crippen LogP contribution in [-0.2, 0) is 9.53 Å². The molecule has 1 aliphatic rings. The topological polar surface area (TPSA) is 78.8 Å². The summed E-state index contributed by atoms with van der Waals surface area (Å²) in [6, 6.07) is 0. The van der Waals surface area contributed by atoms with Crippen LogP contribution in [0.1, 0.15) is 19.8 Å². The molecule has 5 heteroatoms. The van der Waals surface area contributed by atoms with Gasteiger partial charge in [-0.15, -0.1) is 0 Å². The second-order valence-electron chi connectivity index (χ2n) is 3.41. The van der Waals surface area contributed by atoms with Crippen LogP contribution in [-0.4, -0.2) is 47.6 Å². The van der Waals surface area contributed by atoms with Crippen LogP contribution in [0.15, 0.2) is 0 Å². The number of aliphatic hydroxyl groups is 2. The fourth-order valence-corrected chi connectivity index (χ4v) is 1.38. The number of hydrogen-bond acceptors (Lipinski definition) is 4. The molecule has 0 aromatic carbocycles. The minimum Gasteiger partial charge on any atom is -0.390 e. The van der Waals surface area contributed by atoms with Gasteiger partial charge in [0.2, 0.25) is 5.91 Å². The van der Waals surface area contributed by atoms with Gasteiger partial charge in [-0.3, -0.25) is 4.79 Å². The zero-order valence-corrected chi connectivity index (χ0v) is 8.27. The molecule has 1 saturated heterocycles. The van der Waals surface area contributed by atoms with Crippen molar-refractivity contribution in [1.29, 1.82) is 0 Å². The van der Waals surface area contributed by atoms with Gasteiger partial charge in [-0.2, -0.15) is 0 Å². The SMILES string of the molecule is CCC(=O)NCC1OCCC(O)C1O. The lowest BCUT2D eigenvalue weighted by Crippen LogP contribution is -2.49. The molecule has 3 atom stereocenters. The first-order chi connectivity index (χ1) is 6.65. The first-order valence-electron chi connectivity index (χ1n) is 4.89. The van der Waals surface area contributed by atoms with Crippen LogP contribution in [0.4, 0.5) is 0 Å². The number of amides is 1. The molecule has 1 aliphatic heterocycles. The van der Waals surface area contributed by atoms with Gasteiger partial charge in [0, 0.05) is 19.6 Å². The summed E-state index contributed by atoms with van der Waals surface area (Å²) in [6.07, 6.45) is -1.28. The Bertz CT molecular complexity index is 197. The standard InChI is InChI=1S/C9H17NO4/c1-2-8(12)10-5-7-9(13)6(11)3-4-14-7/h6-7,9,11,13H,2-5H2,1H3,(H,10,12). The molecule has 0 saturated carbocycles. The lowest BCUT2D eigenvalue weighted by atomic mass is 10.0. The van der Waals surface area contributed by atoms with Crippen LogP contribution in [0.2, 0.25) is 0 Å². The highest BCUT2D eigenvalue weighted by Gasteiger charge is 2.31. The van der Waals surface area contributed by atoms with Crippen molar-refractivity contribution in [3.63, 3.8) is 0 Å². The van der Waals surface area contributed by atoms with Gasteiger partial charge in [0.25, 0.3) is 0 Å². The second-order valence-corrected chi connectivity index (χ2v) is 3.41. The van der Waals surface area contributed by atoms with Gasteiger partial charge in [-0.25, -0.2) is 0 Å². The van der Waals surface area contributed by atoms with Gasteiger partial charge in [0.1, 0.15) is 12.2 Å². The number of aliphatic hydroxyl groups excluding tert-OH is 2. The van der Waals surface area contributed by atoms with Crippen LogP contribution in [0.25, 0.3) is 0 Å². The zero-order chi connectivity index (χ0) is 10.6. The van der Waals surface area contributed by atoms with Crippen molar-refractivity contribution >= 4 is 5.91 Å². The summed E-state index contributed by atoms with van der Waals surface area (Å²) in [7, 11) is 0. The molecule has 82 valence electrons. The number of ether oxygens (including phenoxy) is 1. The van der Waals surface area contributed by atoms with E-state index in [9.17, 15) is 15.0 Å². The van der Waals surface area contributed by atoms with Gasteiger partial charge < -0.3 is 20.3 Å². The van der Waals surface area contributed by atoms with Crippen molar-refractivity contribution in [3.8, 4) is 0 Å². The predicted octanol–water partition coefficient (Wildman–Crippen LogP) is -0.977. The predicted molar refractivity (Wildman–Crippen MR) is 49.7 cm³/mol. The van der Waals surface area contributed by atoms with Gasteiger partial charge in [0.05, 0.1) is 6.10 Å². The highest BCUT2D eigenvalue weighted by molar-refractivity contribution is 5.75. The Morgan fingerprint density at radius 2 is 2.29 bits per heavy atom. The summed E-state index contributed by atoms with van der Waals surface area (Å²) >= 11 is 0. The summed E-state index contributed by atoms with van der Waals surface area (Å²) in [5.74, 6) is -0.0825. The van der Waals surface area contributed by atoms with Crippen LogP contribution in [0, 0.1) is 0 Å². The molecule has 0 radical (unpaired) electrons. The molecule has 14 heavy (non-hydrogen) atoms. The molecule has 0 spiro atoms. The lowest BCUT2D eigenvalue weighted by molar-refractivity contribution is -0.137. The van der Waals surface area contributed by atoms with Crippen molar-refractivity contribution in [2.75, 3.05) is 13.2 Å². The Morgan fingerprint density at radius 3 is 2.93 bits per heavy atom. The van der Waals surface area contributed by atoms with Crippen LogP contribution in [0.5, 0.6) is 0 Å². The normalized spacial score (nSPS) is 32.6. The third kappa shape index (κ3) is 2.94. The molecule has 0 aliphatic carbocycles. The van der Waals surface area contributed by atoms with Gasteiger partial charge in [-0.05, 0) is 6.42 Å². The van der Waals surface area contributed by atoms with E-state index in [1.165, 1.54) is 0 Å². The molecule has 5 nitrogen and oxygen atoms in total. The van der Waals surface area contributed by atoms with E-state index in [4.69, 9.17) is 4.74 Å². The van der Waals surface area contributed by atoms with E-state index in [2.05, 4.69) is 5.32 Å². The fraction of sp³-hybridized carbons (Fsp3) is 0.889. The average molecular weight is 203 g/mol. The number of rotatable bonds is 3. The third-order valence-electron chi connectivity index (χ3n) is 2.34. The second kappa shape index (κ2) is 5.29. The summed E-state index contributed by atoms with van der Waals surface area (Å²) < 4.78 is 5.23. The molecule has 1 heterocycles. The van der Waals surface area contributed by atoms with Crippen molar-refractivity contribution in [1.82, 2.24) is 5.32 Å². The summed E-state index contributed by atoms with van der Waals surface area (Å²) in [6.45, 7) is 2.43. The van der Waals surface area contributed by atoms with E-state index in [0.717, 1.165) is 0 Å². The van der Waals surface area contributed by atoms with Crippen molar-refractivity contribution in [2.45, 2.75) is 38.1 Å². The molecule has 0 bridgehead atoms. The number of carbonyl (C=O) groups is 1. The van der Waals surface area contributed by atoms with Crippen LogP contribution in [0.3, 0.4) is 0 Å². The monoisotopic (exact) mass is 203 g/mol. The molecular weight excluding hydrogens is 186 g/mol. The minimum absolute atomic E-state index is 0.0825. The Kier molecular flexibility index (Phi) is 4.31. The van der Waals surface area contributed by atoms with Crippen LogP contribution >= 0.6 is 0 Å². The number of carbonyl (C=O) groups excluding carboxylic acids is 1. The third-order valence-corrected chi connectivity index (χ3v) is 2.34. The summed E-state index contributed by atoms with van der Waals surface area (Å²) in [5.41, 5.74) is 0. The molecule has 1 fully saturated rings. The molecule has 3 N–H and O–H groups in total. The summed E-state index contributed by atoms with van der Waals surface area (Å²) in [5, 5.41) is 21.4. The fourth-order valence-electron chi connectivity index (χ4n) is 1.38. The first kappa shape index (κ1) is 11.4.